The standard InChI is InChI=1S/C14H18F3N3O2.HI/c1-21-12-7-10(8-20-13-18-5-2-6-19-13)3-4-11(12)22-9-14(15,16)17;/h3-4,7H,2,5-6,8-9H2,1H3,(H2,18,19,20);1H. The fourth-order valence-electron chi connectivity index (χ4n) is 1.94. The highest BCUT2D eigenvalue weighted by Crippen LogP contribution is 2.29. The van der Waals surface area contributed by atoms with E-state index in [9.17, 15) is 13.2 Å². The summed E-state index contributed by atoms with van der Waals surface area (Å²) in [5.41, 5.74) is 0.853. The Morgan fingerprint density at radius 2 is 2.09 bits per heavy atom. The van der Waals surface area contributed by atoms with Crippen molar-refractivity contribution in [3.8, 4) is 11.5 Å². The lowest BCUT2D eigenvalue weighted by Crippen LogP contribution is -2.40. The maximum Gasteiger partial charge on any atom is 0.422 e. The van der Waals surface area contributed by atoms with Crippen LogP contribution in [0.4, 0.5) is 13.2 Å². The Bertz CT molecular complexity index is 538. The molecule has 0 bridgehead atoms. The Labute approximate surface area is 149 Å². The number of rotatable bonds is 5. The van der Waals surface area contributed by atoms with Crippen LogP contribution in [0, 0.1) is 0 Å². The minimum absolute atomic E-state index is 0. The summed E-state index contributed by atoms with van der Waals surface area (Å²) in [6.07, 6.45) is -3.37. The van der Waals surface area contributed by atoms with E-state index in [1.54, 1.807) is 12.1 Å². The average molecular weight is 445 g/mol. The number of methoxy groups -OCH3 is 1. The Hall–Kier alpha value is -1.39. The molecule has 0 unspecified atom stereocenters. The van der Waals surface area contributed by atoms with Crippen molar-refractivity contribution in [1.82, 2.24) is 10.6 Å². The van der Waals surface area contributed by atoms with E-state index in [0.717, 1.165) is 31.0 Å². The molecule has 1 heterocycles. The maximum absolute atomic E-state index is 12.2. The second kappa shape index (κ2) is 9.04. The Kier molecular flexibility index (Phi) is 7.73. The van der Waals surface area contributed by atoms with Crippen molar-refractivity contribution in [2.24, 2.45) is 4.99 Å². The highest BCUT2D eigenvalue weighted by Gasteiger charge is 2.29. The van der Waals surface area contributed by atoms with E-state index in [0.29, 0.717) is 6.54 Å². The summed E-state index contributed by atoms with van der Waals surface area (Å²) in [7, 11) is 1.39. The molecule has 0 atom stereocenters. The van der Waals surface area contributed by atoms with Crippen molar-refractivity contribution in [2.75, 3.05) is 26.8 Å². The SMILES string of the molecule is COc1cc(CNC2=NCCCN2)ccc1OCC(F)(F)F.I. The first kappa shape index (κ1) is 19.7. The highest BCUT2D eigenvalue weighted by atomic mass is 127. The Morgan fingerprint density at radius 3 is 2.70 bits per heavy atom. The number of hydrogen-bond donors (Lipinski definition) is 2. The smallest absolute Gasteiger partial charge is 0.422 e. The van der Waals surface area contributed by atoms with Gasteiger partial charge < -0.3 is 20.1 Å². The molecule has 1 aromatic rings. The van der Waals surface area contributed by atoms with E-state index in [1.165, 1.54) is 13.2 Å². The van der Waals surface area contributed by atoms with Gasteiger partial charge >= 0.3 is 6.18 Å². The zero-order chi connectivity index (χ0) is 16.0. The van der Waals surface area contributed by atoms with Gasteiger partial charge in [-0.25, -0.2) is 0 Å². The molecule has 130 valence electrons. The first-order chi connectivity index (χ1) is 10.5. The third-order valence-electron chi connectivity index (χ3n) is 2.98. The van der Waals surface area contributed by atoms with Gasteiger partial charge in [0.05, 0.1) is 7.11 Å². The fraction of sp³-hybridized carbons (Fsp3) is 0.500. The van der Waals surface area contributed by atoms with Gasteiger partial charge in [-0.1, -0.05) is 6.07 Å². The van der Waals surface area contributed by atoms with Crippen LogP contribution in [-0.4, -0.2) is 38.9 Å². The number of ether oxygens (including phenoxy) is 2. The third-order valence-corrected chi connectivity index (χ3v) is 2.98. The molecule has 0 fully saturated rings. The summed E-state index contributed by atoms with van der Waals surface area (Å²) >= 11 is 0. The van der Waals surface area contributed by atoms with Crippen LogP contribution in [0.1, 0.15) is 12.0 Å². The first-order valence-corrected chi connectivity index (χ1v) is 6.86. The third kappa shape index (κ3) is 6.71. The number of nitrogens with one attached hydrogen (secondary N) is 2. The molecule has 0 spiro atoms. The number of nitrogens with zero attached hydrogens (tertiary/aromatic N) is 1. The molecule has 2 N–H and O–H groups in total. The first-order valence-electron chi connectivity index (χ1n) is 6.86. The number of halogens is 4. The minimum Gasteiger partial charge on any atom is -0.493 e. The molecule has 2 rings (SSSR count). The molecule has 0 aromatic heterocycles. The van der Waals surface area contributed by atoms with E-state index in [4.69, 9.17) is 9.47 Å². The van der Waals surface area contributed by atoms with Gasteiger partial charge in [0.25, 0.3) is 0 Å². The predicted octanol–water partition coefficient (Wildman–Crippen LogP) is 2.69. The Morgan fingerprint density at radius 1 is 1.30 bits per heavy atom. The normalized spacial score (nSPS) is 14.2. The summed E-state index contributed by atoms with van der Waals surface area (Å²) in [5, 5.41) is 6.25. The molecule has 23 heavy (non-hydrogen) atoms. The van der Waals surface area contributed by atoms with Crippen LogP contribution in [0.3, 0.4) is 0 Å². The molecule has 0 amide bonds. The summed E-state index contributed by atoms with van der Waals surface area (Å²) in [5.74, 6) is 1.06. The summed E-state index contributed by atoms with van der Waals surface area (Å²) in [4.78, 5) is 4.27. The van der Waals surface area contributed by atoms with E-state index in [-0.39, 0.29) is 35.5 Å². The van der Waals surface area contributed by atoms with Crippen molar-refractivity contribution >= 4 is 29.9 Å². The number of aliphatic imine (C=N–C) groups is 1. The molecular weight excluding hydrogens is 426 g/mol. The number of benzene rings is 1. The molecule has 9 heteroatoms. The quantitative estimate of drug-likeness (QED) is 0.685. The average Bonchev–Trinajstić information content (AvgIpc) is 2.51. The number of guanidine groups is 1. The second-order valence-corrected chi connectivity index (χ2v) is 4.75. The molecular formula is C14H19F3IN3O2. The topological polar surface area (TPSA) is 54.9 Å². The largest absolute Gasteiger partial charge is 0.493 e. The molecule has 0 radical (unpaired) electrons. The number of hydrogen-bond acceptors (Lipinski definition) is 5. The van der Waals surface area contributed by atoms with Crippen molar-refractivity contribution < 1.29 is 22.6 Å². The summed E-state index contributed by atoms with van der Waals surface area (Å²) in [6.45, 7) is 0.797. The van der Waals surface area contributed by atoms with E-state index < -0.39 is 12.8 Å². The molecule has 0 saturated heterocycles. The van der Waals surface area contributed by atoms with Crippen LogP contribution in [0.25, 0.3) is 0 Å². The summed E-state index contributed by atoms with van der Waals surface area (Å²) in [6, 6.07) is 4.80. The van der Waals surface area contributed by atoms with E-state index in [1.807, 2.05) is 0 Å². The molecule has 0 aliphatic carbocycles. The molecule has 1 aliphatic rings. The van der Waals surface area contributed by atoms with Gasteiger partial charge in [0.15, 0.2) is 24.1 Å². The van der Waals surface area contributed by atoms with Gasteiger partial charge in [0.1, 0.15) is 0 Å². The lowest BCUT2D eigenvalue weighted by molar-refractivity contribution is -0.153. The van der Waals surface area contributed by atoms with Crippen molar-refractivity contribution in [2.45, 2.75) is 19.1 Å². The van der Waals surface area contributed by atoms with E-state index in [2.05, 4.69) is 15.6 Å². The molecule has 1 aromatic carbocycles. The summed E-state index contributed by atoms with van der Waals surface area (Å²) < 4.78 is 46.4. The van der Waals surface area contributed by atoms with Crippen LogP contribution in [0.15, 0.2) is 23.2 Å². The van der Waals surface area contributed by atoms with Crippen molar-refractivity contribution in [3.63, 3.8) is 0 Å². The lowest BCUT2D eigenvalue weighted by Gasteiger charge is -2.17. The zero-order valence-corrected chi connectivity index (χ0v) is 14.9. The maximum atomic E-state index is 12.2. The van der Waals surface area contributed by atoms with Gasteiger partial charge in [-0.2, -0.15) is 13.2 Å². The highest BCUT2D eigenvalue weighted by molar-refractivity contribution is 14.0. The number of alkyl halides is 3. The lowest BCUT2D eigenvalue weighted by atomic mass is 10.2. The van der Waals surface area contributed by atoms with Gasteiger partial charge in [-0.3, -0.25) is 4.99 Å². The van der Waals surface area contributed by atoms with Crippen molar-refractivity contribution in [3.05, 3.63) is 23.8 Å². The van der Waals surface area contributed by atoms with Gasteiger partial charge in [0.2, 0.25) is 0 Å². The fourth-order valence-corrected chi connectivity index (χ4v) is 1.94. The van der Waals surface area contributed by atoms with Crippen LogP contribution < -0.4 is 20.1 Å². The van der Waals surface area contributed by atoms with Crippen LogP contribution >= 0.6 is 24.0 Å². The van der Waals surface area contributed by atoms with Gasteiger partial charge in [-0.05, 0) is 24.1 Å². The predicted molar refractivity (Wildman–Crippen MR) is 91.7 cm³/mol. The molecule has 0 saturated carbocycles. The second-order valence-electron chi connectivity index (χ2n) is 4.75. The van der Waals surface area contributed by atoms with Crippen LogP contribution in [0.2, 0.25) is 0 Å². The molecule has 1 aliphatic heterocycles. The Balaban J connectivity index is 0.00000264. The van der Waals surface area contributed by atoms with Gasteiger partial charge in [-0.15, -0.1) is 24.0 Å². The van der Waals surface area contributed by atoms with E-state index >= 15 is 0 Å². The monoisotopic (exact) mass is 445 g/mol. The van der Waals surface area contributed by atoms with Crippen LogP contribution in [0.5, 0.6) is 11.5 Å². The minimum atomic E-state index is -4.38. The van der Waals surface area contributed by atoms with Crippen molar-refractivity contribution in [1.29, 1.82) is 0 Å². The zero-order valence-electron chi connectivity index (χ0n) is 12.6. The van der Waals surface area contributed by atoms with Gasteiger partial charge in [0, 0.05) is 19.6 Å². The molecule has 5 nitrogen and oxygen atoms in total. The van der Waals surface area contributed by atoms with Crippen LogP contribution in [-0.2, 0) is 6.54 Å².